The van der Waals surface area contributed by atoms with Crippen LogP contribution < -0.4 is 27.4 Å². The van der Waals surface area contributed by atoms with E-state index in [1.54, 1.807) is 24.3 Å². The lowest BCUT2D eigenvalue weighted by molar-refractivity contribution is -0.142. The van der Waals surface area contributed by atoms with Gasteiger partial charge in [0.1, 0.15) is 24.2 Å². The molecule has 14 nitrogen and oxygen atoms in total. The molecule has 9 N–H and O–H groups in total. The quantitative estimate of drug-likeness (QED) is 0.0796. The van der Waals surface area contributed by atoms with Crippen LogP contribution in [-0.4, -0.2) is 100 Å². The van der Waals surface area contributed by atoms with Crippen molar-refractivity contribution in [3.8, 4) is 0 Å². The zero-order valence-electron chi connectivity index (χ0n) is 25.8. The van der Waals surface area contributed by atoms with E-state index < -0.39 is 53.9 Å². The van der Waals surface area contributed by atoms with Gasteiger partial charge in [-0.25, -0.2) is 0 Å². The predicted molar refractivity (Wildman–Crippen MR) is 168 cm³/mol. The molecule has 0 radical (unpaired) electrons. The second-order valence-electron chi connectivity index (χ2n) is 12.1. The van der Waals surface area contributed by atoms with Gasteiger partial charge >= 0.3 is 0 Å². The Bertz CT molecular complexity index is 1250. The summed E-state index contributed by atoms with van der Waals surface area (Å²) in [6.45, 7) is 4.35. The Morgan fingerprint density at radius 3 is 2.36 bits per heavy atom. The molecule has 2 aliphatic rings. The van der Waals surface area contributed by atoms with Gasteiger partial charge in [-0.15, -0.1) is 0 Å². The van der Waals surface area contributed by atoms with Gasteiger partial charge in [-0.1, -0.05) is 37.6 Å². The normalized spacial score (nSPS) is 20.9. The average molecular weight is 649 g/mol. The molecule has 0 unspecified atom stereocenters. The van der Waals surface area contributed by atoms with Crippen LogP contribution in [0.1, 0.15) is 57.9 Å². The maximum absolute atomic E-state index is 13.9. The number of β-amino-alcohol motifs (C(OH)–C–C–N with tert-alkyl or cyclic N) is 1. The lowest BCUT2D eigenvalue weighted by Gasteiger charge is -2.30. The van der Waals surface area contributed by atoms with Crippen molar-refractivity contribution in [3.63, 3.8) is 0 Å². The van der Waals surface area contributed by atoms with Crippen LogP contribution in [0, 0.1) is 11.3 Å². The van der Waals surface area contributed by atoms with Crippen molar-refractivity contribution in [3.05, 3.63) is 34.9 Å². The van der Waals surface area contributed by atoms with Crippen molar-refractivity contribution in [1.29, 1.82) is 5.41 Å². The summed E-state index contributed by atoms with van der Waals surface area (Å²) in [5.41, 5.74) is 11.6. The van der Waals surface area contributed by atoms with E-state index in [1.165, 1.54) is 9.80 Å². The van der Waals surface area contributed by atoms with E-state index in [-0.39, 0.29) is 56.6 Å². The van der Waals surface area contributed by atoms with Crippen LogP contribution in [0.25, 0.3) is 0 Å². The number of carbonyl (C=O) groups is 5. The molecular weight excluding hydrogens is 604 g/mol. The standard InChI is InChI=1S/C30H45ClN8O6/c1-17(2)13-25(41)39-16-20(40)15-24(39)28(44)37-22(14-18-7-9-19(31)10-8-18)27(43)36-21(5-3-11-35-30(33)34)29(45)38-12-4-6-23(38)26(32)42/h7-10,17,20-24,40H,3-6,11-16H2,1-2H3,(H2,32,42)(H,36,43)(H,37,44)(H4,33,34,35)/t20-,21+,22+,23+,24+/m1/s1. The molecule has 0 spiro atoms. The van der Waals surface area contributed by atoms with Crippen molar-refractivity contribution in [2.24, 2.45) is 17.4 Å². The van der Waals surface area contributed by atoms with Crippen LogP contribution in [0.15, 0.2) is 24.3 Å². The molecule has 5 atom stereocenters. The van der Waals surface area contributed by atoms with Crippen LogP contribution in [0.4, 0.5) is 0 Å². The molecule has 2 aliphatic heterocycles. The van der Waals surface area contributed by atoms with E-state index in [0.717, 1.165) is 0 Å². The largest absolute Gasteiger partial charge is 0.391 e. The smallest absolute Gasteiger partial charge is 0.245 e. The first kappa shape index (κ1) is 35.6. The fraction of sp³-hybridized carbons (Fsp3) is 0.600. The number of halogens is 1. The molecule has 0 saturated carbocycles. The van der Waals surface area contributed by atoms with Gasteiger partial charge in [-0.2, -0.15) is 0 Å². The molecule has 2 heterocycles. The van der Waals surface area contributed by atoms with Crippen LogP contribution >= 0.6 is 11.6 Å². The molecule has 0 aromatic heterocycles. The molecule has 2 fully saturated rings. The number of rotatable bonds is 14. The van der Waals surface area contributed by atoms with Crippen molar-refractivity contribution < 1.29 is 29.1 Å². The van der Waals surface area contributed by atoms with Gasteiger partial charge in [0.2, 0.25) is 29.5 Å². The number of benzene rings is 1. The highest BCUT2D eigenvalue weighted by Crippen LogP contribution is 2.22. The summed E-state index contributed by atoms with van der Waals surface area (Å²) in [6.07, 6.45) is 0.902. The first-order valence-corrected chi connectivity index (χ1v) is 15.6. The van der Waals surface area contributed by atoms with Gasteiger partial charge in [0, 0.05) is 43.9 Å². The van der Waals surface area contributed by atoms with Gasteiger partial charge in [0.25, 0.3) is 0 Å². The zero-order chi connectivity index (χ0) is 33.3. The Balaban J connectivity index is 1.84. The van der Waals surface area contributed by atoms with Crippen LogP contribution in [0.2, 0.25) is 5.02 Å². The third-order valence-corrected chi connectivity index (χ3v) is 8.19. The number of hydrogen-bond donors (Lipinski definition) is 7. The monoisotopic (exact) mass is 648 g/mol. The second-order valence-corrected chi connectivity index (χ2v) is 12.5. The number of guanidine groups is 1. The van der Waals surface area contributed by atoms with Gasteiger partial charge in [-0.3, -0.25) is 29.4 Å². The van der Waals surface area contributed by atoms with Crippen LogP contribution in [0.5, 0.6) is 0 Å². The van der Waals surface area contributed by atoms with Gasteiger partial charge in [0.15, 0.2) is 5.96 Å². The fourth-order valence-electron chi connectivity index (χ4n) is 5.72. The number of nitrogens with one attached hydrogen (secondary N) is 4. The average Bonchev–Trinajstić information content (AvgIpc) is 3.62. The molecule has 3 rings (SSSR count). The number of nitrogens with zero attached hydrogens (tertiary/aromatic N) is 2. The summed E-state index contributed by atoms with van der Waals surface area (Å²) in [4.78, 5) is 68.7. The van der Waals surface area contributed by atoms with E-state index in [9.17, 15) is 29.1 Å². The minimum Gasteiger partial charge on any atom is -0.391 e. The lowest BCUT2D eigenvalue weighted by atomic mass is 10.0. The SMILES string of the molecule is CC(C)CC(=O)N1C[C@H](O)C[C@H]1C(=O)N[C@@H](Cc1ccc(Cl)cc1)C(=O)N[C@@H](CCCNC(=N)N)C(=O)N1CCC[C@H]1C(N)=O. The third-order valence-electron chi connectivity index (χ3n) is 7.93. The number of carbonyl (C=O) groups excluding carboxylic acids is 5. The second kappa shape index (κ2) is 16.4. The van der Waals surface area contributed by atoms with E-state index in [0.29, 0.717) is 36.4 Å². The minimum atomic E-state index is -1.16. The molecule has 0 aliphatic carbocycles. The van der Waals surface area contributed by atoms with Crippen molar-refractivity contribution in [2.45, 2.75) is 89.1 Å². The molecule has 0 bridgehead atoms. The predicted octanol–water partition coefficient (Wildman–Crippen LogP) is -0.400. The Labute approximate surface area is 268 Å². The molecule has 1 aromatic rings. The molecule has 5 amide bonds. The number of aliphatic hydroxyl groups excluding tert-OH is 1. The number of likely N-dealkylation sites (tertiary alicyclic amines) is 2. The topological polar surface area (TPSA) is 224 Å². The Morgan fingerprint density at radius 2 is 1.73 bits per heavy atom. The molecular formula is C30H45ClN8O6. The van der Waals surface area contributed by atoms with E-state index in [1.807, 2.05) is 13.8 Å². The Hall–Kier alpha value is -3.91. The first-order valence-electron chi connectivity index (χ1n) is 15.3. The molecule has 248 valence electrons. The number of hydrogen-bond acceptors (Lipinski definition) is 7. The first-order chi connectivity index (χ1) is 21.3. The van der Waals surface area contributed by atoms with Crippen LogP contribution in [0.3, 0.4) is 0 Å². The summed E-state index contributed by atoms with van der Waals surface area (Å²) in [5.74, 6) is -2.81. The lowest BCUT2D eigenvalue weighted by Crippen LogP contribution is -2.58. The molecule has 2 saturated heterocycles. The van der Waals surface area contributed by atoms with Crippen molar-refractivity contribution >= 4 is 47.1 Å². The zero-order valence-corrected chi connectivity index (χ0v) is 26.5. The van der Waals surface area contributed by atoms with E-state index in [4.69, 9.17) is 28.5 Å². The number of aliphatic hydroxyl groups is 1. The van der Waals surface area contributed by atoms with E-state index in [2.05, 4.69) is 16.0 Å². The van der Waals surface area contributed by atoms with Gasteiger partial charge in [-0.05, 0) is 49.3 Å². The van der Waals surface area contributed by atoms with Crippen molar-refractivity contribution in [1.82, 2.24) is 25.8 Å². The highest BCUT2D eigenvalue weighted by atomic mass is 35.5. The minimum absolute atomic E-state index is 0.0133. The van der Waals surface area contributed by atoms with Crippen LogP contribution in [-0.2, 0) is 30.4 Å². The summed E-state index contributed by atoms with van der Waals surface area (Å²) < 4.78 is 0. The number of primary amides is 1. The maximum Gasteiger partial charge on any atom is 0.245 e. The third kappa shape index (κ3) is 10.3. The Morgan fingerprint density at radius 1 is 1.04 bits per heavy atom. The molecule has 45 heavy (non-hydrogen) atoms. The summed E-state index contributed by atoms with van der Waals surface area (Å²) >= 11 is 6.04. The van der Waals surface area contributed by atoms with Gasteiger partial charge < -0.3 is 42.3 Å². The highest BCUT2D eigenvalue weighted by molar-refractivity contribution is 6.30. The van der Waals surface area contributed by atoms with Crippen molar-refractivity contribution in [2.75, 3.05) is 19.6 Å². The number of amides is 5. The molecule has 1 aromatic carbocycles. The summed E-state index contributed by atoms with van der Waals surface area (Å²) in [7, 11) is 0. The summed E-state index contributed by atoms with van der Waals surface area (Å²) in [6, 6.07) is 2.75. The number of nitrogens with two attached hydrogens (primary N) is 2. The van der Waals surface area contributed by atoms with E-state index >= 15 is 0 Å². The van der Waals surface area contributed by atoms with Gasteiger partial charge in [0.05, 0.1) is 6.10 Å². The summed E-state index contributed by atoms with van der Waals surface area (Å²) in [5, 5.41) is 26.4. The molecule has 15 heteroatoms. The Kier molecular flexibility index (Phi) is 13.0. The fourth-order valence-corrected chi connectivity index (χ4v) is 5.85. The maximum atomic E-state index is 13.9. The highest BCUT2D eigenvalue weighted by Gasteiger charge is 2.41.